The molecular weight excluding hydrogens is 373 g/mol. The average Bonchev–Trinajstić information content (AvgIpc) is 2.82. The van der Waals surface area contributed by atoms with Crippen LogP contribution >= 0.6 is 0 Å². The number of nitrogens with one attached hydrogen (secondary N) is 1. The third-order valence-corrected chi connectivity index (χ3v) is 7.21. The molecule has 1 atom stereocenters. The number of rotatable bonds is 5. The molecular formula is C18H24FN3O4S. The fourth-order valence-corrected chi connectivity index (χ4v) is 5.41. The number of carbonyl (C=O) groups excluding carboxylic acids is 1. The Kier molecular flexibility index (Phi) is 4.75. The van der Waals surface area contributed by atoms with Crippen molar-refractivity contribution in [2.45, 2.75) is 38.5 Å². The predicted molar refractivity (Wildman–Crippen MR) is 98.3 cm³/mol. The van der Waals surface area contributed by atoms with Crippen molar-refractivity contribution in [3.05, 3.63) is 23.0 Å². The van der Waals surface area contributed by atoms with Gasteiger partial charge in [0.05, 0.1) is 0 Å². The minimum Gasteiger partial charge on any atom is -0.506 e. The van der Waals surface area contributed by atoms with Crippen molar-refractivity contribution >= 4 is 21.8 Å². The van der Waals surface area contributed by atoms with Crippen molar-refractivity contribution in [3.8, 4) is 5.75 Å². The fourth-order valence-electron chi connectivity index (χ4n) is 4.25. The largest absolute Gasteiger partial charge is 0.506 e. The molecule has 1 amide bonds. The van der Waals surface area contributed by atoms with Crippen LogP contribution in [-0.2, 0) is 27.8 Å². The molecule has 0 spiro atoms. The molecule has 0 bridgehead atoms. The van der Waals surface area contributed by atoms with Gasteiger partial charge in [0.25, 0.3) is 5.91 Å². The van der Waals surface area contributed by atoms with Crippen LogP contribution in [0.3, 0.4) is 0 Å². The summed E-state index contributed by atoms with van der Waals surface area (Å²) in [5.74, 6) is -1.56. The molecule has 2 N–H and O–H groups in total. The molecule has 9 heteroatoms. The number of amides is 1. The minimum atomic E-state index is -4.17. The normalized spacial score (nSPS) is 24.4. The zero-order chi connectivity index (χ0) is 19.2. The number of aromatic hydroxyl groups is 1. The first-order valence-electron chi connectivity index (χ1n) is 9.44. The molecule has 0 aromatic heterocycles. The Balaban J connectivity index is 1.54. The van der Waals surface area contributed by atoms with Crippen LogP contribution in [-0.4, -0.2) is 50.5 Å². The van der Waals surface area contributed by atoms with Gasteiger partial charge in [0.1, 0.15) is 18.0 Å². The van der Waals surface area contributed by atoms with E-state index >= 15 is 4.39 Å². The zero-order valence-electron chi connectivity index (χ0n) is 15.1. The maximum atomic E-state index is 15.2. The molecule has 1 unspecified atom stereocenters. The van der Waals surface area contributed by atoms with Crippen molar-refractivity contribution in [1.82, 2.24) is 9.62 Å². The van der Waals surface area contributed by atoms with Gasteiger partial charge in [0, 0.05) is 0 Å². The van der Waals surface area contributed by atoms with Crippen LogP contribution in [0, 0.1) is 11.7 Å². The number of anilines is 1. The number of carbonyl (C=O) groups is 1. The highest BCUT2D eigenvalue weighted by molar-refractivity contribution is 7.92. The van der Waals surface area contributed by atoms with Gasteiger partial charge in [-0.1, -0.05) is 0 Å². The first kappa shape index (κ1) is 18.5. The van der Waals surface area contributed by atoms with E-state index in [1.54, 1.807) is 0 Å². The second-order valence-electron chi connectivity index (χ2n) is 7.68. The number of fused-ring (bicyclic) bond motifs is 1. The number of likely N-dealkylation sites (tertiary alicyclic amines) is 1. The second kappa shape index (κ2) is 6.94. The number of halogens is 1. The Labute approximate surface area is 158 Å². The van der Waals surface area contributed by atoms with Crippen molar-refractivity contribution in [2.75, 3.05) is 30.5 Å². The van der Waals surface area contributed by atoms with Gasteiger partial charge in [-0.25, -0.2) is 13.4 Å². The van der Waals surface area contributed by atoms with Crippen molar-refractivity contribution < 1.29 is 22.7 Å². The second-order valence-corrected chi connectivity index (χ2v) is 9.27. The van der Waals surface area contributed by atoms with Crippen molar-refractivity contribution in [3.63, 3.8) is 0 Å². The number of phenols is 1. The number of nitrogens with zero attached hydrogens (tertiary/aromatic N) is 2. The van der Waals surface area contributed by atoms with Crippen molar-refractivity contribution in [2.24, 2.45) is 5.92 Å². The van der Waals surface area contributed by atoms with E-state index in [4.69, 9.17) is 0 Å². The van der Waals surface area contributed by atoms with Crippen LogP contribution in [0.1, 0.15) is 36.8 Å². The molecule has 148 valence electrons. The lowest BCUT2D eigenvalue weighted by Gasteiger charge is -2.32. The van der Waals surface area contributed by atoms with E-state index in [1.165, 1.54) is 25.6 Å². The maximum absolute atomic E-state index is 15.2. The van der Waals surface area contributed by atoms with Crippen LogP contribution < -0.4 is 9.03 Å². The molecule has 4 rings (SSSR count). The Hall–Kier alpha value is -1.87. The molecule has 2 saturated heterocycles. The molecule has 7 nitrogen and oxygen atoms in total. The van der Waals surface area contributed by atoms with Crippen LogP contribution in [0.5, 0.6) is 5.75 Å². The minimum absolute atomic E-state index is 0.348. The van der Waals surface area contributed by atoms with Crippen LogP contribution in [0.4, 0.5) is 10.1 Å². The Morgan fingerprint density at radius 1 is 1.33 bits per heavy atom. The lowest BCUT2D eigenvalue weighted by Crippen LogP contribution is -2.37. The summed E-state index contributed by atoms with van der Waals surface area (Å²) in [5, 5.41) is 10.2. The van der Waals surface area contributed by atoms with Crippen LogP contribution in [0.15, 0.2) is 6.07 Å². The Bertz CT molecular complexity index is 870. The topological polar surface area (TPSA) is 90.0 Å². The number of benzene rings is 1. The van der Waals surface area contributed by atoms with E-state index in [0.717, 1.165) is 31.4 Å². The van der Waals surface area contributed by atoms with Gasteiger partial charge in [-0.15, -0.1) is 0 Å². The Morgan fingerprint density at radius 2 is 2.11 bits per heavy atom. The molecule has 2 aliphatic heterocycles. The lowest BCUT2D eigenvalue weighted by atomic mass is 9.81. The van der Waals surface area contributed by atoms with E-state index in [0.29, 0.717) is 28.6 Å². The van der Waals surface area contributed by atoms with Gasteiger partial charge < -0.3 is 10.0 Å². The third-order valence-electron chi connectivity index (χ3n) is 5.83. The van der Waals surface area contributed by atoms with Crippen LogP contribution in [0.25, 0.3) is 0 Å². The monoisotopic (exact) mass is 397 g/mol. The van der Waals surface area contributed by atoms with Gasteiger partial charge in [-0.05, 0) is 81.3 Å². The summed E-state index contributed by atoms with van der Waals surface area (Å²) >= 11 is 0. The first-order valence-corrected chi connectivity index (χ1v) is 10.9. The average molecular weight is 397 g/mol. The van der Waals surface area contributed by atoms with Gasteiger partial charge in [-0.3, -0.25) is 4.79 Å². The molecule has 27 heavy (non-hydrogen) atoms. The van der Waals surface area contributed by atoms with E-state index in [2.05, 4.69) is 4.90 Å². The summed E-state index contributed by atoms with van der Waals surface area (Å²) in [6.07, 6.45) is 5.49. The highest BCUT2D eigenvalue weighted by Crippen LogP contribution is 2.41. The summed E-state index contributed by atoms with van der Waals surface area (Å²) in [4.78, 5) is 13.9. The lowest BCUT2D eigenvalue weighted by molar-refractivity contribution is -0.117. The first-order chi connectivity index (χ1) is 12.8. The number of aryl methyl sites for hydroxylation is 1. The van der Waals surface area contributed by atoms with Crippen LogP contribution in [0.2, 0.25) is 0 Å². The maximum Gasteiger partial charge on any atom is 0.326 e. The molecule has 2 heterocycles. The smallest absolute Gasteiger partial charge is 0.326 e. The molecule has 3 aliphatic rings. The van der Waals surface area contributed by atoms with Gasteiger partial charge in [-0.2, -0.15) is 8.42 Å². The third kappa shape index (κ3) is 3.50. The standard InChI is InChI=1S/C18H24FN3O4S/c19-17-14-9-12(3-1-6-21-7-2-8-21)4-5-13(14)10-15(23)18(17)22-11-16(24)20-27(22,25)26/h10,12,23H,1-9,11H2,(H,20,24). The van der Waals surface area contributed by atoms with E-state index in [1.807, 2.05) is 4.72 Å². The zero-order valence-corrected chi connectivity index (χ0v) is 15.9. The molecule has 2 fully saturated rings. The number of phenolic OH excluding ortho intramolecular Hbond substituents is 1. The Morgan fingerprint density at radius 3 is 2.74 bits per heavy atom. The summed E-state index contributed by atoms with van der Waals surface area (Å²) in [5.41, 5.74) is 0.773. The summed E-state index contributed by atoms with van der Waals surface area (Å²) in [6, 6.07) is 1.45. The number of hydrogen-bond acceptors (Lipinski definition) is 5. The predicted octanol–water partition coefficient (Wildman–Crippen LogP) is 1.30. The van der Waals surface area contributed by atoms with Gasteiger partial charge in [0.2, 0.25) is 0 Å². The van der Waals surface area contributed by atoms with E-state index in [9.17, 15) is 18.3 Å². The van der Waals surface area contributed by atoms with Gasteiger partial charge in [0.15, 0.2) is 5.82 Å². The highest BCUT2D eigenvalue weighted by Gasteiger charge is 2.39. The summed E-state index contributed by atoms with van der Waals surface area (Å²) < 4.78 is 41.8. The van der Waals surface area contributed by atoms with Crippen molar-refractivity contribution in [1.29, 1.82) is 0 Å². The highest BCUT2D eigenvalue weighted by atomic mass is 32.2. The summed E-state index contributed by atoms with van der Waals surface area (Å²) in [7, 11) is -4.17. The van der Waals surface area contributed by atoms with E-state index < -0.39 is 39.9 Å². The van der Waals surface area contributed by atoms with Gasteiger partial charge >= 0.3 is 10.2 Å². The van der Waals surface area contributed by atoms with E-state index in [-0.39, 0.29) is 0 Å². The quantitative estimate of drug-likeness (QED) is 0.782. The molecule has 1 aromatic carbocycles. The molecule has 1 aromatic rings. The molecule has 0 saturated carbocycles. The summed E-state index contributed by atoms with van der Waals surface area (Å²) in [6.45, 7) is 2.89. The fraction of sp³-hybridized carbons (Fsp3) is 0.611. The molecule has 1 aliphatic carbocycles. The SMILES string of the molecule is O=C1CN(c2c(O)cc3c(c2F)CC(CCCN2CCC2)CC3)S(=O)(=O)N1. The number of hydrogen-bond donors (Lipinski definition) is 2. The molecule has 0 radical (unpaired) electrons.